The highest BCUT2D eigenvalue weighted by molar-refractivity contribution is 5.93. The minimum absolute atomic E-state index is 0.248. The maximum Gasteiger partial charge on any atom is 0.419 e. The summed E-state index contributed by atoms with van der Waals surface area (Å²) in [4.78, 5) is 26.0. The Morgan fingerprint density at radius 1 is 1.17 bits per heavy atom. The van der Waals surface area contributed by atoms with Gasteiger partial charge in [0.05, 0.1) is 30.1 Å². The van der Waals surface area contributed by atoms with Gasteiger partial charge in [-0.05, 0) is 48.7 Å². The van der Waals surface area contributed by atoms with Gasteiger partial charge in [-0.2, -0.15) is 5.10 Å². The Balaban J connectivity index is 1.36. The summed E-state index contributed by atoms with van der Waals surface area (Å²) in [5, 5.41) is 4.56. The smallest absolute Gasteiger partial charge is 0.419 e. The third kappa shape index (κ3) is 4.18. The van der Waals surface area contributed by atoms with Gasteiger partial charge in [-0.1, -0.05) is 6.07 Å². The van der Waals surface area contributed by atoms with E-state index in [-0.39, 0.29) is 5.97 Å². The number of ether oxygens (including phenoxy) is 2. The summed E-state index contributed by atoms with van der Waals surface area (Å²) in [6.45, 7) is 5.01. The number of methoxy groups -OCH3 is 1. The number of hydrogen-bond acceptors (Lipinski definition) is 8. The Bertz CT molecular complexity index is 1500. The number of cyclic esters (lactones) is 1. The number of hydrogen-bond donors (Lipinski definition) is 1. The Hall–Kier alpha value is -3.89. The molecule has 2 N–H and O–H groups in total. The molecule has 10 heteroatoms. The van der Waals surface area contributed by atoms with Gasteiger partial charge in [0.15, 0.2) is 5.58 Å². The molecule has 36 heavy (non-hydrogen) atoms. The molecular formula is C26H29N5O5. The number of oxazole rings is 1. The molecule has 0 saturated carbocycles. The first kappa shape index (κ1) is 23.8. The molecule has 0 aliphatic carbocycles. The highest BCUT2D eigenvalue weighted by Gasteiger charge is 2.24. The molecule has 0 bridgehead atoms. The van der Waals surface area contributed by atoms with Crippen molar-refractivity contribution >= 4 is 17.1 Å². The zero-order chi connectivity index (χ0) is 25.4. The summed E-state index contributed by atoms with van der Waals surface area (Å²) < 4.78 is 19.3. The van der Waals surface area contributed by atoms with Crippen molar-refractivity contribution in [1.82, 2.24) is 19.2 Å². The minimum Gasteiger partial charge on any atom is -0.481 e. The number of carbonyl (C=O) groups is 1. The van der Waals surface area contributed by atoms with Crippen LogP contribution in [0.3, 0.4) is 0 Å². The van der Waals surface area contributed by atoms with Crippen LogP contribution in [-0.4, -0.2) is 52.0 Å². The van der Waals surface area contributed by atoms with Crippen LogP contribution in [0.2, 0.25) is 0 Å². The fourth-order valence-corrected chi connectivity index (χ4v) is 4.77. The molecule has 0 radical (unpaired) electrons. The molecule has 0 amide bonds. The number of rotatable bonds is 9. The number of aryl methyl sites for hydroxylation is 1. The predicted molar refractivity (Wildman–Crippen MR) is 133 cm³/mol. The maximum atomic E-state index is 11.9. The van der Waals surface area contributed by atoms with E-state index in [0.29, 0.717) is 48.8 Å². The third-order valence-corrected chi connectivity index (χ3v) is 6.82. The lowest BCUT2D eigenvalue weighted by Gasteiger charge is -2.22. The molecule has 2 aromatic carbocycles. The van der Waals surface area contributed by atoms with Gasteiger partial charge in [-0.15, -0.1) is 0 Å². The minimum atomic E-state index is -0.412. The standard InChI is InChI=1S/C26H29N5O5/c1-16-17(4-6-20-21(16)15-35-25(20)32)8-10-30(11-9-27)14-18-13-28-31(24(18)34-3)19-5-7-23-22(12-19)29(2)26(33)36-23/h4-7,12-13H,8-11,14-15,27H2,1-3H3. The van der Waals surface area contributed by atoms with Crippen LogP contribution in [0.5, 0.6) is 5.88 Å². The second-order valence-electron chi connectivity index (χ2n) is 8.94. The number of nitrogens with two attached hydrogens (primary N) is 1. The van der Waals surface area contributed by atoms with Gasteiger partial charge < -0.3 is 19.6 Å². The Morgan fingerprint density at radius 2 is 2.00 bits per heavy atom. The Labute approximate surface area is 207 Å². The van der Waals surface area contributed by atoms with E-state index in [4.69, 9.17) is 19.6 Å². The lowest BCUT2D eigenvalue weighted by molar-refractivity contribution is 0.0535. The largest absolute Gasteiger partial charge is 0.481 e. The molecule has 0 atom stereocenters. The number of aromatic nitrogens is 3. The molecule has 188 valence electrons. The summed E-state index contributed by atoms with van der Waals surface area (Å²) >= 11 is 0. The molecule has 3 heterocycles. The van der Waals surface area contributed by atoms with E-state index in [9.17, 15) is 9.59 Å². The summed E-state index contributed by atoms with van der Waals surface area (Å²) in [7, 11) is 3.29. The van der Waals surface area contributed by atoms with Crippen molar-refractivity contribution in [3.63, 3.8) is 0 Å². The molecule has 10 nitrogen and oxygen atoms in total. The number of benzene rings is 2. The average molecular weight is 492 g/mol. The van der Waals surface area contributed by atoms with Gasteiger partial charge in [0, 0.05) is 44.4 Å². The number of fused-ring (bicyclic) bond motifs is 2. The van der Waals surface area contributed by atoms with Crippen molar-refractivity contribution in [3.05, 3.63) is 74.9 Å². The molecule has 0 fully saturated rings. The van der Waals surface area contributed by atoms with Crippen molar-refractivity contribution in [3.8, 4) is 11.6 Å². The van der Waals surface area contributed by atoms with E-state index in [1.165, 1.54) is 10.1 Å². The van der Waals surface area contributed by atoms with Crippen LogP contribution in [-0.2, 0) is 31.4 Å². The fourth-order valence-electron chi connectivity index (χ4n) is 4.77. The molecule has 0 spiro atoms. The zero-order valence-electron chi connectivity index (χ0n) is 20.6. The second kappa shape index (κ2) is 9.63. The average Bonchev–Trinajstić information content (AvgIpc) is 3.54. The summed E-state index contributed by atoms with van der Waals surface area (Å²) in [6.07, 6.45) is 2.61. The van der Waals surface area contributed by atoms with Crippen LogP contribution in [0.15, 0.2) is 45.7 Å². The van der Waals surface area contributed by atoms with Crippen molar-refractivity contribution in [2.45, 2.75) is 26.5 Å². The lowest BCUT2D eigenvalue weighted by atomic mass is 9.96. The monoisotopic (exact) mass is 491 g/mol. The van der Waals surface area contributed by atoms with Crippen molar-refractivity contribution in [1.29, 1.82) is 0 Å². The first-order valence-electron chi connectivity index (χ1n) is 11.8. The van der Waals surface area contributed by atoms with Crippen LogP contribution < -0.4 is 16.2 Å². The third-order valence-electron chi connectivity index (χ3n) is 6.82. The second-order valence-corrected chi connectivity index (χ2v) is 8.94. The van der Waals surface area contributed by atoms with Crippen LogP contribution in [0.1, 0.15) is 32.6 Å². The van der Waals surface area contributed by atoms with E-state index in [2.05, 4.69) is 10.00 Å². The van der Waals surface area contributed by atoms with Crippen molar-refractivity contribution in [2.24, 2.45) is 12.8 Å². The predicted octanol–water partition coefficient (Wildman–Crippen LogP) is 2.31. The van der Waals surface area contributed by atoms with Crippen LogP contribution in [0.25, 0.3) is 16.8 Å². The van der Waals surface area contributed by atoms with Gasteiger partial charge in [-0.3, -0.25) is 9.47 Å². The van der Waals surface area contributed by atoms with Gasteiger partial charge in [0.2, 0.25) is 5.88 Å². The quantitative estimate of drug-likeness (QED) is 0.355. The molecule has 0 saturated heterocycles. The Kier molecular flexibility index (Phi) is 6.38. The van der Waals surface area contributed by atoms with Crippen LogP contribution in [0, 0.1) is 6.92 Å². The van der Waals surface area contributed by atoms with Gasteiger partial charge in [0.25, 0.3) is 0 Å². The van der Waals surface area contributed by atoms with Crippen molar-refractivity contribution < 1.29 is 18.7 Å². The summed E-state index contributed by atoms with van der Waals surface area (Å²) in [6, 6.07) is 9.32. The number of nitrogens with zero attached hydrogens (tertiary/aromatic N) is 4. The van der Waals surface area contributed by atoms with Gasteiger partial charge in [0.1, 0.15) is 6.61 Å². The molecule has 1 aliphatic heterocycles. The normalized spacial score (nSPS) is 13.0. The number of carbonyl (C=O) groups excluding carboxylic acids is 1. The highest BCUT2D eigenvalue weighted by Crippen LogP contribution is 2.28. The first-order valence-corrected chi connectivity index (χ1v) is 11.8. The fraction of sp³-hybridized carbons (Fsp3) is 0.346. The number of esters is 1. The SMILES string of the molecule is COc1c(CN(CCN)CCc2ccc3c(c2C)COC3=O)cnn1-c1ccc2oc(=O)n(C)c2c1. The lowest BCUT2D eigenvalue weighted by Crippen LogP contribution is -2.31. The topological polar surface area (TPSA) is 118 Å². The van der Waals surface area contributed by atoms with E-state index in [1.54, 1.807) is 31.1 Å². The van der Waals surface area contributed by atoms with Gasteiger partial charge in [-0.25, -0.2) is 14.3 Å². The van der Waals surface area contributed by atoms with Crippen LogP contribution in [0.4, 0.5) is 0 Å². The molecule has 1 aliphatic rings. The van der Waals surface area contributed by atoms with Crippen LogP contribution >= 0.6 is 0 Å². The van der Waals surface area contributed by atoms with E-state index < -0.39 is 5.76 Å². The summed E-state index contributed by atoms with van der Waals surface area (Å²) in [5.41, 5.74) is 12.8. The first-order chi connectivity index (χ1) is 17.4. The molecule has 0 unspecified atom stereocenters. The molecule has 5 rings (SSSR count). The molecular weight excluding hydrogens is 462 g/mol. The molecule has 2 aromatic heterocycles. The highest BCUT2D eigenvalue weighted by atomic mass is 16.5. The van der Waals surface area contributed by atoms with E-state index in [1.807, 2.05) is 31.2 Å². The van der Waals surface area contributed by atoms with Crippen molar-refractivity contribution in [2.75, 3.05) is 26.7 Å². The van der Waals surface area contributed by atoms with E-state index >= 15 is 0 Å². The maximum absolute atomic E-state index is 11.9. The molecule has 4 aromatic rings. The van der Waals surface area contributed by atoms with Gasteiger partial charge >= 0.3 is 11.7 Å². The van der Waals surface area contributed by atoms with E-state index in [0.717, 1.165) is 35.3 Å². The summed E-state index contributed by atoms with van der Waals surface area (Å²) in [5.74, 6) is -0.0395. The zero-order valence-corrected chi connectivity index (χ0v) is 20.6. The Morgan fingerprint density at radius 3 is 2.78 bits per heavy atom.